The minimum absolute atomic E-state index is 0.0804. The first kappa shape index (κ1) is 15.2. The SMILES string of the molecule is COc1cccc(CC(=O)Nc2cnc(-c3ccncc3)s2)c1. The minimum atomic E-state index is -0.0804. The van der Waals surface area contributed by atoms with Crippen molar-refractivity contribution in [2.24, 2.45) is 0 Å². The van der Waals surface area contributed by atoms with E-state index in [0.717, 1.165) is 26.9 Å². The number of hydrogen-bond acceptors (Lipinski definition) is 5. The molecular formula is C17H15N3O2S. The third kappa shape index (κ3) is 3.92. The van der Waals surface area contributed by atoms with Crippen molar-refractivity contribution in [2.45, 2.75) is 6.42 Å². The lowest BCUT2D eigenvalue weighted by Gasteiger charge is -2.04. The van der Waals surface area contributed by atoms with Crippen LogP contribution in [0, 0.1) is 0 Å². The van der Waals surface area contributed by atoms with Gasteiger partial charge in [-0.1, -0.05) is 23.5 Å². The Morgan fingerprint density at radius 1 is 1.26 bits per heavy atom. The van der Waals surface area contributed by atoms with Gasteiger partial charge in [0.15, 0.2) is 0 Å². The summed E-state index contributed by atoms with van der Waals surface area (Å²) in [6, 6.07) is 11.3. The van der Waals surface area contributed by atoms with Gasteiger partial charge in [0.1, 0.15) is 15.8 Å². The van der Waals surface area contributed by atoms with Gasteiger partial charge in [-0.3, -0.25) is 9.78 Å². The van der Waals surface area contributed by atoms with Gasteiger partial charge in [0.25, 0.3) is 0 Å². The van der Waals surface area contributed by atoms with Crippen LogP contribution >= 0.6 is 11.3 Å². The first-order valence-corrected chi connectivity index (χ1v) is 7.85. The molecule has 0 saturated heterocycles. The molecule has 2 aromatic heterocycles. The number of aromatic nitrogens is 2. The van der Waals surface area contributed by atoms with E-state index < -0.39 is 0 Å². The topological polar surface area (TPSA) is 64.1 Å². The molecule has 3 rings (SSSR count). The van der Waals surface area contributed by atoms with Crippen molar-refractivity contribution in [1.82, 2.24) is 9.97 Å². The highest BCUT2D eigenvalue weighted by atomic mass is 32.1. The van der Waals surface area contributed by atoms with E-state index >= 15 is 0 Å². The largest absolute Gasteiger partial charge is 0.497 e. The molecule has 1 N–H and O–H groups in total. The second-order valence-electron chi connectivity index (χ2n) is 4.84. The number of methoxy groups -OCH3 is 1. The molecule has 6 heteroatoms. The number of thiazole rings is 1. The molecule has 0 fully saturated rings. The smallest absolute Gasteiger partial charge is 0.229 e. The number of ether oxygens (including phenoxy) is 1. The number of amides is 1. The third-order valence-corrected chi connectivity index (χ3v) is 4.16. The standard InChI is InChI=1S/C17H15N3O2S/c1-22-14-4-2-3-12(9-14)10-15(21)20-16-11-19-17(23-16)13-5-7-18-8-6-13/h2-9,11H,10H2,1H3,(H,20,21). The van der Waals surface area contributed by atoms with Gasteiger partial charge in [0.2, 0.25) is 5.91 Å². The van der Waals surface area contributed by atoms with Crippen molar-refractivity contribution in [3.8, 4) is 16.3 Å². The van der Waals surface area contributed by atoms with Crippen LogP contribution in [0.15, 0.2) is 55.0 Å². The van der Waals surface area contributed by atoms with E-state index in [9.17, 15) is 4.79 Å². The lowest BCUT2D eigenvalue weighted by Crippen LogP contribution is -2.13. The molecule has 0 atom stereocenters. The quantitative estimate of drug-likeness (QED) is 0.781. The van der Waals surface area contributed by atoms with Gasteiger partial charge >= 0.3 is 0 Å². The van der Waals surface area contributed by atoms with E-state index in [4.69, 9.17) is 4.74 Å². The molecule has 0 aliphatic carbocycles. The first-order valence-electron chi connectivity index (χ1n) is 7.03. The third-order valence-electron chi connectivity index (χ3n) is 3.19. The Morgan fingerprint density at radius 2 is 2.09 bits per heavy atom. The second kappa shape index (κ2) is 7.02. The number of anilines is 1. The Hall–Kier alpha value is -2.73. The summed E-state index contributed by atoms with van der Waals surface area (Å²) >= 11 is 1.44. The average molecular weight is 325 g/mol. The average Bonchev–Trinajstić information content (AvgIpc) is 3.04. The van der Waals surface area contributed by atoms with Gasteiger partial charge in [-0.2, -0.15) is 0 Å². The summed E-state index contributed by atoms with van der Waals surface area (Å²) in [5, 5.41) is 4.46. The Kier molecular flexibility index (Phi) is 4.63. The zero-order chi connectivity index (χ0) is 16.1. The van der Waals surface area contributed by atoms with Gasteiger partial charge < -0.3 is 10.1 Å². The Labute approximate surface area is 138 Å². The van der Waals surface area contributed by atoms with E-state index in [1.165, 1.54) is 11.3 Å². The zero-order valence-corrected chi connectivity index (χ0v) is 13.3. The normalized spacial score (nSPS) is 10.3. The summed E-state index contributed by atoms with van der Waals surface area (Å²) in [5.74, 6) is 0.663. The molecule has 0 saturated carbocycles. The van der Waals surface area contributed by atoms with Gasteiger partial charge in [0.05, 0.1) is 19.7 Å². The molecular weight excluding hydrogens is 310 g/mol. The van der Waals surface area contributed by atoms with Crippen molar-refractivity contribution in [1.29, 1.82) is 0 Å². The van der Waals surface area contributed by atoms with Crippen LogP contribution in [-0.2, 0) is 11.2 Å². The number of rotatable bonds is 5. The highest BCUT2D eigenvalue weighted by Crippen LogP contribution is 2.28. The summed E-state index contributed by atoms with van der Waals surface area (Å²) in [6.45, 7) is 0. The Balaban J connectivity index is 1.65. The highest BCUT2D eigenvalue weighted by Gasteiger charge is 2.09. The second-order valence-corrected chi connectivity index (χ2v) is 5.87. The molecule has 23 heavy (non-hydrogen) atoms. The maximum absolute atomic E-state index is 12.1. The fraction of sp³-hybridized carbons (Fsp3) is 0.118. The highest BCUT2D eigenvalue weighted by molar-refractivity contribution is 7.19. The molecule has 5 nitrogen and oxygen atoms in total. The van der Waals surface area contributed by atoms with E-state index in [0.29, 0.717) is 6.42 Å². The van der Waals surface area contributed by atoms with Crippen LogP contribution < -0.4 is 10.1 Å². The van der Waals surface area contributed by atoms with Crippen LogP contribution in [0.1, 0.15) is 5.56 Å². The molecule has 2 heterocycles. The summed E-state index contributed by atoms with van der Waals surface area (Å²) < 4.78 is 5.16. The number of carbonyl (C=O) groups is 1. The Bertz CT molecular complexity index is 802. The Morgan fingerprint density at radius 3 is 2.87 bits per heavy atom. The molecule has 0 bridgehead atoms. The van der Waals surface area contributed by atoms with Gasteiger partial charge in [-0.15, -0.1) is 0 Å². The monoisotopic (exact) mass is 325 g/mol. The maximum atomic E-state index is 12.1. The lowest BCUT2D eigenvalue weighted by atomic mass is 10.1. The minimum Gasteiger partial charge on any atom is -0.497 e. The number of pyridine rings is 1. The molecule has 3 aromatic rings. The molecule has 0 spiro atoms. The predicted molar refractivity (Wildman–Crippen MR) is 90.7 cm³/mol. The van der Waals surface area contributed by atoms with Gasteiger partial charge in [-0.05, 0) is 29.8 Å². The van der Waals surface area contributed by atoms with Crippen molar-refractivity contribution in [3.05, 3.63) is 60.6 Å². The number of nitrogens with zero attached hydrogens (tertiary/aromatic N) is 2. The molecule has 1 amide bonds. The fourth-order valence-electron chi connectivity index (χ4n) is 2.11. The van der Waals surface area contributed by atoms with Crippen molar-refractivity contribution in [2.75, 3.05) is 12.4 Å². The van der Waals surface area contributed by atoms with E-state index in [2.05, 4.69) is 15.3 Å². The van der Waals surface area contributed by atoms with Gasteiger partial charge in [0, 0.05) is 18.0 Å². The maximum Gasteiger partial charge on any atom is 0.229 e. The lowest BCUT2D eigenvalue weighted by molar-refractivity contribution is -0.115. The van der Waals surface area contributed by atoms with Crippen LogP contribution in [0.2, 0.25) is 0 Å². The molecule has 0 aliphatic rings. The van der Waals surface area contributed by atoms with Crippen molar-refractivity contribution >= 4 is 22.2 Å². The van der Waals surface area contributed by atoms with Crippen LogP contribution in [0.3, 0.4) is 0 Å². The summed E-state index contributed by atoms with van der Waals surface area (Å²) in [5.41, 5.74) is 1.89. The fourth-order valence-corrected chi connectivity index (χ4v) is 2.95. The van der Waals surface area contributed by atoms with Crippen molar-refractivity contribution < 1.29 is 9.53 Å². The first-order chi connectivity index (χ1) is 11.2. The van der Waals surface area contributed by atoms with E-state index in [1.54, 1.807) is 25.7 Å². The molecule has 116 valence electrons. The summed E-state index contributed by atoms with van der Waals surface area (Å²) in [7, 11) is 1.61. The van der Waals surface area contributed by atoms with Crippen LogP contribution in [0.4, 0.5) is 5.00 Å². The number of benzene rings is 1. The van der Waals surface area contributed by atoms with E-state index in [1.807, 2.05) is 36.4 Å². The van der Waals surface area contributed by atoms with E-state index in [-0.39, 0.29) is 5.91 Å². The summed E-state index contributed by atoms with van der Waals surface area (Å²) in [6.07, 6.45) is 5.40. The zero-order valence-electron chi connectivity index (χ0n) is 12.5. The molecule has 1 aromatic carbocycles. The van der Waals surface area contributed by atoms with Crippen LogP contribution in [0.25, 0.3) is 10.6 Å². The predicted octanol–water partition coefficient (Wildman–Crippen LogP) is 3.39. The number of carbonyl (C=O) groups excluding carboxylic acids is 1. The molecule has 0 radical (unpaired) electrons. The molecule has 0 aliphatic heterocycles. The molecule has 0 unspecified atom stereocenters. The summed E-state index contributed by atoms with van der Waals surface area (Å²) in [4.78, 5) is 20.5. The van der Waals surface area contributed by atoms with Crippen LogP contribution in [0.5, 0.6) is 5.75 Å². The number of nitrogens with one attached hydrogen (secondary N) is 1. The van der Waals surface area contributed by atoms with Crippen LogP contribution in [-0.4, -0.2) is 23.0 Å². The number of hydrogen-bond donors (Lipinski definition) is 1. The van der Waals surface area contributed by atoms with Crippen molar-refractivity contribution in [3.63, 3.8) is 0 Å². The van der Waals surface area contributed by atoms with Gasteiger partial charge in [-0.25, -0.2) is 4.98 Å².